The maximum atomic E-state index is 11.9. The molecule has 0 bridgehead atoms. The fourth-order valence-corrected chi connectivity index (χ4v) is 2.45. The Morgan fingerprint density at radius 1 is 1.24 bits per heavy atom. The van der Waals surface area contributed by atoms with E-state index in [4.69, 9.17) is 4.52 Å². The van der Waals surface area contributed by atoms with Gasteiger partial charge >= 0.3 is 6.18 Å². The predicted octanol–water partition coefficient (Wildman–Crippen LogP) is 2.60. The predicted molar refractivity (Wildman–Crippen MR) is 66.7 cm³/mol. The molecule has 0 spiro atoms. The van der Waals surface area contributed by atoms with E-state index >= 15 is 0 Å². The van der Waals surface area contributed by atoms with Gasteiger partial charge in [0.1, 0.15) is 6.61 Å². The molecule has 0 amide bonds. The lowest BCUT2D eigenvalue weighted by molar-refractivity contribution is -0.173. The van der Waals surface area contributed by atoms with Gasteiger partial charge in [-0.3, -0.25) is 0 Å². The first kappa shape index (κ1) is 16.2. The second-order valence-corrected chi connectivity index (χ2v) is 5.28. The van der Waals surface area contributed by atoms with Gasteiger partial charge in [0.05, 0.1) is 18.6 Å². The molecule has 1 aliphatic carbocycles. The molecule has 0 aromatic carbocycles. The van der Waals surface area contributed by atoms with Gasteiger partial charge in [-0.1, -0.05) is 24.4 Å². The van der Waals surface area contributed by atoms with Crippen molar-refractivity contribution in [1.29, 1.82) is 0 Å². The smallest absolute Gasteiger partial charge is 0.392 e. The molecular weight excluding hydrogens is 289 g/mol. The van der Waals surface area contributed by atoms with Crippen LogP contribution in [0.25, 0.3) is 0 Å². The van der Waals surface area contributed by atoms with Crippen LogP contribution >= 0.6 is 0 Å². The lowest BCUT2D eigenvalue weighted by Crippen LogP contribution is -2.18. The van der Waals surface area contributed by atoms with E-state index in [1.165, 1.54) is 0 Å². The Morgan fingerprint density at radius 2 is 2.00 bits per heavy atom. The summed E-state index contributed by atoms with van der Waals surface area (Å²) in [6, 6.07) is 0. The zero-order valence-corrected chi connectivity index (χ0v) is 11.6. The largest absolute Gasteiger partial charge is 0.411 e. The minimum Gasteiger partial charge on any atom is -0.392 e. The summed E-state index contributed by atoms with van der Waals surface area (Å²) in [6.45, 7) is -1.40. The Balaban J connectivity index is 1.83. The highest BCUT2D eigenvalue weighted by Gasteiger charge is 2.29. The molecule has 5 nitrogen and oxygen atoms in total. The molecule has 0 radical (unpaired) electrons. The van der Waals surface area contributed by atoms with Gasteiger partial charge in [0, 0.05) is 6.42 Å². The fraction of sp³-hybridized carbons (Fsp3) is 0.846. The van der Waals surface area contributed by atoms with Crippen LogP contribution in [0.4, 0.5) is 13.2 Å². The first-order chi connectivity index (χ1) is 9.96. The molecule has 1 aliphatic rings. The van der Waals surface area contributed by atoms with Crippen molar-refractivity contribution in [2.75, 3.05) is 13.2 Å². The van der Waals surface area contributed by atoms with Gasteiger partial charge in [-0.05, 0) is 12.8 Å². The Kier molecular flexibility index (Phi) is 5.58. The van der Waals surface area contributed by atoms with E-state index in [9.17, 15) is 18.3 Å². The molecule has 2 rings (SSSR count). The average molecular weight is 308 g/mol. The van der Waals surface area contributed by atoms with Crippen LogP contribution in [0, 0.1) is 0 Å². The van der Waals surface area contributed by atoms with E-state index in [-0.39, 0.29) is 18.9 Å². The van der Waals surface area contributed by atoms with E-state index in [0.717, 1.165) is 25.7 Å². The van der Waals surface area contributed by atoms with Gasteiger partial charge in [0.2, 0.25) is 5.89 Å². The van der Waals surface area contributed by atoms with Crippen molar-refractivity contribution < 1.29 is 27.5 Å². The van der Waals surface area contributed by atoms with Crippen LogP contribution in [-0.4, -0.2) is 40.7 Å². The first-order valence-corrected chi connectivity index (χ1v) is 7.11. The summed E-state index contributed by atoms with van der Waals surface area (Å²) >= 11 is 0. The summed E-state index contributed by atoms with van der Waals surface area (Å²) in [4.78, 5) is 4.16. The maximum Gasteiger partial charge on any atom is 0.411 e. The summed E-state index contributed by atoms with van der Waals surface area (Å²) in [5.41, 5.74) is 0. The minimum atomic E-state index is -4.33. The molecule has 1 N–H and O–H groups in total. The second-order valence-electron chi connectivity index (χ2n) is 5.28. The number of aromatic nitrogens is 2. The van der Waals surface area contributed by atoms with E-state index in [2.05, 4.69) is 14.9 Å². The summed E-state index contributed by atoms with van der Waals surface area (Å²) < 4.78 is 45.4. The number of hydrogen-bond acceptors (Lipinski definition) is 5. The van der Waals surface area contributed by atoms with Gasteiger partial charge in [-0.25, -0.2) is 0 Å². The van der Waals surface area contributed by atoms with E-state index < -0.39 is 18.9 Å². The van der Waals surface area contributed by atoms with Gasteiger partial charge in [-0.15, -0.1) is 0 Å². The zero-order valence-electron chi connectivity index (χ0n) is 11.6. The van der Waals surface area contributed by atoms with Crippen molar-refractivity contribution >= 4 is 0 Å². The molecule has 2 unspecified atom stereocenters. The number of aliphatic hydroxyl groups is 1. The van der Waals surface area contributed by atoms with Crippen molar-refractivity contribution in [2.45, 2.75) is 56.7 Å². The first-order valence-electron chi connectivity index (χ1n) is 7.11. The fourth-order valence-electron chi connectivity index (χ4n) is 2.45. The topological polar surface area (TPSA) is 68.4 Å². The van der Waals surface area contributed by atoms with Crippen molar-refractivity contribution in [3.05, 3.63) is 11.7 Å². The molecule has 1 aromatic rings. The quantitative estimate of drug-likeness (QED) is 0.669. The molecule has 120 valence electrons. The molecule has 21 heavy (non-hydrogen) atoms. The van der Waals surface area contributed by atoms with Crippen LogP contribution in [0.15, 0.2) is 4.52 Å². The number of alkyl halides is 3. The van der Waals surface area contributed by atoms with E-state index in [1.807, 2.05) is 0 Å². The van der Waals surface area contributed by atoms with Crippen molar-refractivity contribution in [3.63, 3.8) is 0 Å². The number of ether oxygens (including phenoxy) is 1. The Morgan fingerprint density at radius 3 is 2.76 bits per heavy atom. The van der Waals surface area contributed by atoms with Gasteiger partial charge in [-0.2, -0.15) is 18.2 Å². The number of hydrogen-bond donors (Lipinski definition) is 1. The van der Waals surface area contributed by atoms with E-state index in [1.54, 1.807) is 0 Å². The average Bonchev–Trinajstić information content (AvgIpc) is 2.76. The summed E-state index contributed by atoms with van der Waals surface area (Å²) in [7, 11) is 0. The Bertz CT molecular complexity index is 437. The normalized spacial score (nSPS) is 24.0. The molecule has 1 saturated carbocycles. The van der Waals surface area contributed by atoms with Crippen LogP contribution in [0.1, 0.15) is 49.7 Å². The Hall–Kier alpha value is -1.15. The second kappa shape index (κ2) is 7.22. The number of nitrogens with zero attached hydrogens (tertiary/aromatic N) is 2. The molecule has 0 saturated heterocycles. The van der Waals surface area contributed by atoms with Gasteiger partial charge in [0.25, 0.3) is 0 Å². The van der Waals surface area contributed by atoms with Crippen molar-refractivity contribution in [2.24, 2.45) is 0 Å². The monoisotopic (exact) mass is 308 g/mol. The third-order valence-electron chi connectivity index (χ3n) is 3.52. The van der Waals surface area contributed by atoms with Crippen molar-refractivity contribution in [1.82, 2.24) is 10.1 Å². The van der Waals surface area contributed by atoms with Crippen LogP contribution in [-0.2, 0) is 11.2 Å². The van der Waals surface area contributed by atoms with Crippen LogP contribution in [0.3, 0.4) is 0 Å². The minimum absolute atomic E-state index is 0.119. The number of halogens is 3. The zero-order chi connectivity index (χ0) is 15.3. The third kappa shape index (κ3) is 5.28. The number of aliphatic hydroxyl groups excluding tert-OH is 1. The lowest BCUT2D eigenvalue weighted by atomic mass is 9.97. The van der Waals surface area contributed by atoms with Gasteiger partial charge in [0.15, 0.2) is 5.82 Å². The van der Waals surface area contributed by atoms with Crippen LogP contribution in [0.5, 0.6) is 0 Å². The van der Waals surface area contributed by atoms with E-state index in [0.29, 0.717) is 18.1 Å². The molecule has 0 aliphatic heterocycles. The SMILES string of the molecule is OC1CCCCCC1c1nc(CCOCC(F)(F)F)no1. The lowest BCUT2D eigenvalue weighted by Gasteiger charge is -2.15. The van der Waals surface area contributed by atoms with Crippen molar-refractivity contribution in [3.8, 4) is 0 Å². The highest BCUT2D eigenvalue weighted by atomic mass is 19.4. The standard InChI is InChI=1S/C13H19F3N2O3/c14-13(15,16)8-20-7-6-11-17-12(21-18-11)9-4-2-1-3-5-10(9)19/h9-10,19H,1-8H2. The number of rotatable bonds is 5. The van der Waals surface area contributed by atoms with Gasteiger partial charge < -0.3 is 14.4 Å². The third-order valence-corrected chi connectivity index (χ3v) is 3.52. The molecule has 1 aromatic heterocycles. The highest BCUT2D eigenvalue weighted by Crippen LogP contribution is 2.31. The molecule has 1 heterocycles. The van der Waals surface area contributed by atoms with Crippen LogP contribution < -0.4 is 0 Å². The highest BCUT2D eigenvalue weighted by molar-refractivity contribution is 4.98. The summed E-state index contributed by atoms with van der Waals surface area (Å²) in [5, 5.41) is 13.8. The molecular formula is C13H19F3N2O3. The molecule has 8 heteroatoms. The summed E-state index contributed by atoms with van der Waals surface area (Å²) in [5.74, 6) is 0.503. The Labute approximate surface area is 120 Å². The molecule has 1 fully saturated rings. The van der Waals surface area contributed by atoms with Crippen LogP contribution in [0.2, 0.25) is 0 Å². The molecule has 2 atom stereocenters. The summed E-state index contributed by atoms with van der Waals surface area (Å²) in [6.07, 6.45) is -0.139. The maximum absolute atomic E-state index is 11.9.